The van der Waals surface area contributed by atoms with Gasteiger partial charge in [-0.15, -0.1) is 0 Å². The molecule has 0 saturated heterocycles. The van der Waals surface area contributed by atoms with E-state index in [2.05, 4.69) is 10.6 Å². The summed E-state index contributed by atoms with van der Waals surface area (Å²) < 4.78 is 5.41. The Hall–Kier alpha value is -2.24. The van der Waals surface area contributed by atoms with Crippen LogP contribution >= 0.6 is 23.2 Å². The van der Waals surface area contributed by atoms with E-state index in [0.717, 1.165) is 11.3 Å². The van der Waals surface area contributed by atoms with Crippen LogP contribution in [0.3, 0.4) is 0 Å². The van der Waals surface area contributed by atoms with Crippen LogP contribution in [0.5, 0.6) is 5.75 Å². The molecule has 0 spiro atoms. The second-order valence-electron chi connectivity index (χ2n) is 6.25. The summed E-state index contributed by atoms with van der Waals surface area (Å²) in [6.07, 6.45) is 0. The minimum atomic E-state index is -0.638. The molecule has 0 saturated carbocycles. The molecule has 7 heteroatoms. The maximum atomic E-state index is 12.1. The fourth-order valence-corrected chi connectivity index (χ4v) is 2.91. The number of hydrogen-bond acceptors (Lipinski definition) is 3. The van der Waals surface area contributed by atoms with Gasteiger partial charge in [-0.05, 0) is 49.7 Å². The van der Waals surface area contributed by atoms with Crippen molar-refractivity contribution in [1.82, 2.24) is 0 Å². The lowest BCUT2D eigenvalue weighted by atomic mass is 9.86. The average Bonchev–Trinajstić information content (AvgIpc) is 2.78. The summed E-state index contributed by atoms with van der Waals surface area (Å²) in [6, 6.07) is 10.1. The summed E-state index contributed by atoms with van der Waals surface area (Å²) in [6.45, 7) is 3.46. The van der Waals surface area contributed by atoms with Gasteiger partial charge in [0.2, 0.25) is 5.91 Å². The van der Waals surface area contributed by atoms with E-state index in [1.54, 1.807) is 36.4 Å². The van der Waals surface area contributed by atoms with Crippen LogP contribution in [0.15, 0.2) is 36.4 Å². The van der Waals surface area contributed by atoms with E-state index in [1.807, 2.05) is 13.8 Å². The van der Waals surface area contributed by atoms with E-state index < -0.39 is 5.41 Å². The number of nitrogens with one attached hydrogen (secondary N) is 2. The predicted molar refractivity (Wildman–Crippen MR) is 98.7 cm³/mol. The molecule has 2 amide bonds. The van der Waals surface area contributed by atoms with Gasteiger partial charge in [0.15, 0.2) is 6.61 Å². The lowest BCUT2D eigenvalue weighted by molar-refractivity contribution is -0.120. The maximum absolute atomic E-state index is 12.1. The number of fused-ring (bicyclic) bond motifs is 1. The Labute approximate surface area is 155 Å². The van der Waals surface area contributed by atoms with Gasteiger partial charge < -0.3 is 15.4 Å². The Balaban J connectivity index is 1.67. The summed E-state index contributed by atoms with van der Waals surface area (Å²) in [5.74, 6) is -0.0646. The summed E-state index contributed by atoms with van der Waals surface area (Å²) >= 11 is 11.9. The van der Waals surface area contributed by atoms with Gasteiger partial charge in [-0.1, -0.05) is 23.2 Å². The average molecular weight is 379 g/mol. The monoisotopic (exact) mass is 378 g/mol. The Morgan fingerprint density at radius 3 is 2.72 bits per heavy atom. The first kappa shape index (κ1) is 17.6. The van der Waals surface area contributed by atoms with Crippen LogP contribution in [-0.2, 0) is 15.0 Å². The topological polar surface area (TPSA) is 67.4 Å². The molecule has 2 N–H and O–H groups in total. The number of benzene rings is 2. The SMILES string of the molecule is CC1(C)C(=O)Nc2ccc(NC(=O)COc3cc(Cl)ccc3Cl)cc21. The van der Waals surface area contributed by atoms with Crippen molar-refractivity contribution in [3.05, 3.63) is 52.0 Å². The third-order valence-electron chi connectivity index (χ3n) is 4.04. The summed E-state index contributed by atoms with van der Waals surface area (Å²) in [4.78, 5) is 24.1. The molecule has 0 aliphatic carbocycles. The van der Waals surface area contributed by atoms with Gasteiger partial charge in [-0.3, -0.25) is 9.59 Å². The van der Waals surface area contributed by atoms with E-state index in [-0.39, 0.29) is 18.4 Å². The molecule has 1 aliphatic heterocycles. The summed E-state index contributed by atoms with van der Waals surface area (Å²) in [5.41, 5.74) is 1.55. The number of rotatable bonds is 4. The summed E-state index contributed by atoms with van der Waals surface area (Å²) in [7, 11) is 0. The minimum absolute atomic E-state index is 0.0649. The molecule has 2 aromatic carbocycles. The van der Waals surface area contributed by atoms with E-state index in [9.17, 15) is 9.59 Å². The number of carbonyl (C=O) groups is 2. The lowest BCUT2D eigenvalue weighted by Crippen LogP contribution is -2.27. The molecule has 0 atom stereocenters. The van der Waals surface area contributed by atoms with Crippen LogP contribution in [0.1, 0.15) is 19.4 Å². The van der Waals surface area contributed by atoms with Gasteiger partial charge in [0.25, 0.3) is 5.91 Å². The molecule has 1 aliphatic rings. The molecule has 3 rings (SSSR count). The highest BCUT2D eigenvalue weighted by atomic mass is 35.5. The molecule has 2 aromatic rings. The minimum Gasteiger partial charge on any atom is -0.482 e. The second-order valence-corrected chi connectivity index (χ2v) is 7.09. The Morgan fingerprint density at radius 1 is 1.20 bits per heavy atom. The number of anilines is 2. The van der Waals surface area contributed by atoms with Crippen LogP contribution in [0.2, 0.25) is 10.0 Å². The molecular formula is C18H16Cl2N2O3. The standard InChI is InChI=1S/C18H16Cl2N2O3/c1-18(2)12-8-11(4-6-14(12)22-17(18)24)21-16(23)9-25-15-7-10(19)3-5-13(15)20/h3-8H,9H2,1-2H3,(H,21,23)(H,22,24). The Bertz CT molecular complexity index is 865. The van der Waals surface area contributed by atoms with E-state index in [0.29, 0.717) is 21.5 Å². The van der Waals surface area contributed by atoms with Crippen molar-refractivity contribution in [3.8, 4) is 5.75 Å². The number of ether oxygens (including phenoxy) is 1. The predicted octanol–water partition coefficient (Wildman–Crippen LogP) is 4.24. The van der Waals surface area contributed by atoms with Crippen molar-refractivity contribution >= 4 is 46.4 Å². The molecule has 5 nitrogen and oxygen atoms in total. The van der Waals surface area contributed by atoms with Crippen molar-refractivity contribution in [3.63, 3.8) is 0 Å². The molecule has 25 heavy (non-hydrogen) atoms. The fourth-order valence-electron chi connectivity index (χ4n) is 2.58. The van der Waals surface area contributed by atoms with Crippen molar-refractivity contribution in [2.24, 2.45) is 0 Å². The van der Waals surface area contributed by atoms with Crippen molar-refractivity contribution in [2.45, 2.75) is 19.3 Å². The highest BCUT2D eigenvalue weighted by Crippen LogP contribution is 2.38. The Kier molecular flexibility index (Phi) is 4.62. The first-order chi connectivity index (χ1) is 11.8. The molecule has 0 fully saturated rings. The van der Waals surface area contributed by atoms with Gasteiger partial charge in [0, 0.05) is 22.5 Å². The van der Waals surface area contributed by atoms with Gasteiger partial charge in [0.1, 0.15) is 5.75 Å². The van der Waals surface area contributed by atoms with Gasteiger partial charge in [0.05, 0.1) is 10.4 Å². The zero-order valence-electron chi connectivity index (χ0n) is 13.7. The number of halogens is 2. The van der Waals surface area contributed by atoms with Crippen LogP contribution in [0.25, 0.3) is 0 Å². The molecular weight excluding hydrogens is 363 g/mol. The van der Waals surface area contributed by atoms with Crippen molar-refractivity contribution in [2.75, 3.05) is 17.2 Å². The third-order valence-corrected chi connectivity index (χ3v) is 4.59. The molecule has 130 valence electrons. The van der Waals surface area contributed by atoms with Crippen LogP contribution in [0.4, 0.5) is 11.4 Å². The van der Waals surface area contributed by atoms with Gasteiger partial charge in [-0.2, -0.15) is 0 Å². The highest BCUT2D eigenvalue weighted by molar-refractivity contribution is 6.34. The molecule has 1 heterocycles. The largest absolute Gasteiger partial charge is 0.482 e. The van der Waals surface area contributed by atoms with Gasteiger partial charge in [-0.25, -0.2) is 0 Å². The van der Waals surface area contributed by atoms with Crippen LogP contribution in [0, 0.1) is 0 Å². The van der Waals surface area contributed by atoms with Crippen molar-refractivity contribution < 1.29 is 14.3 Å². The first-order valence-electron chi connectivity index (χ1n) is 7.61. The van der Waals surface area contributed by atoms with E-state index in [4.69, 9.17) is 27.9 Å². The van der Waals surface area contributed by atoms with Gasteiger partial charge >= 0.3 is 0 Å². The first-order valence-corrected chi connectivity index (χ1v) is 8.36. The smallest absolute Gasteiger partial charge is 0.262 e. The van der Waals surface area contributed by atoms with Crippen molar-refractivity contribution in [1.29, 1.82) is 0 Å². The van der Waals surface area contributed by atoms with E-state index >= 15 is 0 Å². The normalized spacial score (nSPS) is 14.6. The highest BCUT2D eigenvalue weighted by Gasteiger charge is 2.38. The molecule has 0 radical (unpaired) electrons. The number of carbonyl (C=O) groups excluding carboxylic acids is 2. The number of hydrogen-bond donors (Lipinski definition) is 2. The van der Waals surface area contributed by atoms with Crippen LogP contribution < -0.4 is 15.4 Å². The molecule has 0 unspecified atom stereocenters. The van der Waals surface area contributed by atoms with E-state index in [1.165, 1.54) is 0 Å². The molecule has 0 bridgehead atoms. The Morgan fingerprint density at radius 2 is 1.96 bits per heavy atom. The fraction of sp³-hybridized carbons (Fsp3) is 0.222. The van der Waals surface area contributed by atoms with Crippen LogP contribution in [-0.4, -0.2) is 18.4 Å². The lowest BCUT2D eigenvalue weighted by Gasteiger charge is -2.16. The molecule has 0 aromatic heterocycles. The quantitative estimate of drug-likeness (QED) is 0.835. The number of amides is 2. The second kappa shape index (κ2) is 6.58. The maximum Gasteiger partial charge on any atom is 0.262 e. The zero-order valence-corrected chi connectivity index (χ0v) is 15.2. The third kappa shape index (κ3) is 3.57. The summed E-state index contributed by atoms with van der Waals surface area (Å²) in [5, 5.41) is 6.42. The zero-order chi connectivity index (χ0) is 18.2.